The number of hydrogen-bond donors (Lipinski definition) is 2. The number of carbonyl (C=O) groups is 1. The third-order valence-corrected chi connectivity index (χ3v) is 3.55. The number of nitrogens with one attached hydrogen (secondary N) is 2. The highest BCUT2D eigenvalue weighted by Gasteiger charge is 2.14. The molecule has 0 aliphatic heterocycles. The fourth-order valence-electron chi connectivity index (χ4n) is 1.33. The number of carbonyl (C=O) groups excluding carboxylic acids is 1. The van der Waals surface area contributed by atoms with Gasteiger partial charge in [0.15, 0.2) is 5.11 Å². The molecule has 0 aliphatic carbocycles. The lowest BCUT2D eigenvalue weighted by Gasteiger charge is -2.08. The standard InChI is InChI=1S/C13H18N2O2S2/c1-5-17-12(16)11-9(4)6-10(19-11)15-13(18)14-7-8(2)3/h6H,2,5,7H2,1,3-4H3,(H2,14,15,18). The van der Waals surface area contributed by atoms with Gasteiger partial charge in [0.05, 0.1) is 11.6 Å². The zero-order chi connectivity index (χ0) is 14.4. The zero-order valence-electron chi connectivity index (χ0n) is 11.3. The molecule has 2 N–H and O–H groups in total. The third kappa shape index (κ3) is 5.00. The molecule has 4 nitrogen and oxygen atoms in total. The topological polar surface area (TPSA) is 50.4 Å². The first-order valence-electron chi connectivity index (χ1n) is 5.90. The highest BCUT2D eigenvalue weighted by atomic mass is 32.1. The van der Waals surface area contributed by atoms with Gasteiger partial charge in [-0.05, 0) is 44.6 Å². The van der Waals surface area contributed by atoms with E-state index in [1.807, 2.05) is 19.9 Å². The fraction of sp³-hybridized carbons (Fsp3) is 0.385. The van der Waals surface area contributed by atoms with Crippen LogP contribution in [0.4, 0.5) is 5.00 Å². The smallest absolute Gasteiger partial charge is 0.348 e. The van der Waals surface area contributed by atoms with E-state index in [9.17, 15) is 4.79 Å². The van der Waals surface area contributed by atoms with Gasteiger partial charge in [-0.25, -0.2) is 4.79 Å². The first-order valence-corrected chi connectivity index (χ1v) is 7.13. The first kappa shape index (κ1) is 15.7. The summed E-state index contributed by atoms with van der Waals surface area (Å²) in [5, 5.41) is 7.40. The number of hydrogen-bond acceptors (Lipinski definition) is 4. The summed E-state index contributed by atoms with van der Waals surface area (Å²) in [6, 6.07) is 1.88. The highest BCUT2D eigenvalue weighted by Crippen LogP contribution is 2.27. The fourth-order valence-corrected chi connectivity index (χ4v) is 2.55. The van der Waals surface area contributed by atoms with E-state index in [1.54, 1.807) is 6.92 Å². The molecule has 0 fully saturated rings. The molecular weight excluding hydrogens is 280 g/mol. The Morgan fingerprint density at radius 3 is 2.84 bits per heavy atom. The Balaban J connectivity index is 2.65. The van der Waals surface area contributed by atoms with Crippen molar-refractivity contribution in [3.8, 4) is 0 Å². The van der Waals surface area contributed by atoms with Crippen molar-refractivity contribution in [2.75, 3.05) is 18.5 Å². The summed E-state index contributed by atoms with van der Waals surface area (Å²) < 4.78 is 4.99. The number of esters is 1. The maximum absolute atomic E-state index is 11.7. The van der Waals surface area contributed by atoms with Crippen LogP contribution in [0.25, 0.3) is 0 Å². The molecule has 0 aromatic carbocycles. The van der Waals surface area contributed by atoms with Crippen molar-refractivity contribution in [3.63, 3.8) is 0 Å². The van der Waals surface area contributed by atoms with Crippen molar-refractivity contribution in [2.45, 2.75) is 20.8 Å². The number of anilines is 1. The minimum atomic E-state index is -0.293. The summed E-state index contributed by atoms with van der Waals surface area (Å²) in [6.07, 6.45) is 0. The summed E-state index contributed by atoms with van der Waals surface area (Å²) in [5.74, 6) is -0.293. The minimum absolute atomic E-state index is 0.293. The van der Waals surface area contributed by atoms with Crippen molar-refractivity contribution >= 4 is 39.6 Å². The van der Waals surface area contributed by atoms with Gasteiger partial charge < -0.3 is 15.4 Å². The van der Waals surface area contributed by atoms with E-state index in [2.05, 4.69) is 17.2 Å². The van der Waals surface area contributed by atoms with Crippen LogP contribution in [0.2, 0.25) is 0 Å². The molecule has 0 spiro atoms. The quantitative estimate of drug-likeness (QED) is 0.497. The summed E-state index contributed by atoms with van der Waals surface area (Å²) in [4.78, 5) is 12.3. The van der Waals surface area contributed by atoms with Crippen molar-refractivity contribution < 1.29 is 9.53 Å². The normalized spacial score (nSPS) is 9.84. The van der Waals surface area contributed by atoms with Gasteiger partial charge >= 0.3 is 5.97 Å². The predicted molar refractivity (Wildman–Crippen MR) is 84.0 cm³/mol. The van der Waals surface area contributed by atoms with Crippen LogP contribution in [0.3, 0.4) is 0 Å². The Kier molecular flexibility index (Phi) is 5.98. The second-order valence-electron chi connectivity index (χ2n) is 4.11. The number of thiocarbonyl (C=S) groups is 1. The molecule has 0 saturated heterocycles. The largest absolute Gasteiger partial charge is 0.462 e. The SMILES string of the molecule is C=C(C)CNC(=S)Nc1cc(C)c(C(=O)OCC)s1. The van der Waals surface area contributed by atoms with Crippen LogP contribution in [0.15, 0.2) is 18.2 Å². The van der Waals surface area contributed by atoms with Crippen LogP contribution >= 0.6 is 23.6 Å². The summed E-state index contributed by atoms with van der Waals surface area (Å²) in [6.45, 7) is 10.4. The lowest BCUT2D eigenvalue weighted by atomic mass is 10.3. The molecule has 1 rings (SSSR count). The molecule has 0 bridgehead atoms. The summed E-state index contributed by atoms with van der Waals surface area (Å²) in [7, 11) is 0. The number of rotatable bonds is 5. The van der Waals surface area contributed by atoms with E-state index in [0.717, 1.165) is 16.1 Å². The number of aryl methyl sites for hydroxylation is 1. The van der Waals surface area contributed by atoms with E-state index in [-0.39, 0.29) is 5.97 Å². The van der Waals surface area contributed by atoms with Crippen molar-refractivity contribution in [1.29, 1.82) is 0 Å². The highest BCUT2D eigenvalue weighted by molar-refractivity contribution is 7.80. The Morgan fingerprint density at radius 2 is 2.26 bits per heavy atom. The second kappa shape index (κ2) is 7.25. The lowest BCUT2D eigenvalue weighted by Crippen LogP contribution is -2.29. The van der Waals surface area contributed by atoms with E-state index >= 15 is 0 Å². The molecule has 0 unspecified atom stereocenters. The molecule has 0 radical (unpaired) electrons. The van der Waals surface area contributed by atoms with Crippen LogP contribution in [0, 0.1) is 6.92 Å². The molecule has 0 amide bonds. The van der Waals surface area contributed by atoms with Crippen molar-refractivity contribution in [3.05, 3.63) is 28.7 Å². The van der Waals surface area contributed by atoms with Gasteiger partial charge in [-0.15, -0.1) is 11.3 Å². The minimum Gasteiger partial charge on any atom is -0.462 e. The molecule has 0 saturated carbocycles. The Bertz CT molecular complexity index is 495. The molecule has 104 valence electrons. The molecule has 0 atom stereocenters. The summed E-state index contributed by atoms with van der Waals surface area (Å²) in [5.41, 5.74) is 1.88. The van der Waals surface area contributed by atoms with Crippen LogP contribution in [-0.2, 0) is 4.74 Å². The van der Waals surface area contributed by atoms with E-state index in [4.69, 9.17) is 17.0 Å². The molecule has 1 aromatic heterocycles. The van der Waals surface area contributed by atoms with Gasteiger partial charge in [0, 0.05) is 6.54 Å². The average molecular weight is 298 g/mol. The van der Waals surface area contributed by atoms with Gasteiger partial charge in [-0.2, -0.15) is 0 Å². The van der Waals surface area contributed by atoms with Crippen molar-refractivity contribution in [1.82, 2.24) is 5.32 Å². The molecular formula is C13H18N2O2S2. The molecule has 1 heterocycles. The zero-order valence-corrected chi connectivity index (χ0v) is 13.0. The lowest BCUT2D eigenvalue weighted by molar-refractivity contribution is 0.0531. The van der Waals surface area contributed by atoms with Gasteiger partial charge in [0.25, 0.3) is 0 Å². The van der Waals surface area contributed by atoms with Gasteiger partial charge in [0.1, 0.15) is 4.88 Å². The van der Waals surface area contributed by atoms with Gasteiger partial charge in [0.2, 0.25) is 0 Å². The Morgan fingerprint density at radius 1 is 1.58 bits per heavy atom. The average Bonchev–Trinajstić information content (AvgIpc) is 2.68. The first-order chi connectivity index (χ1) is 8.93. The Labute approximate surface area is 122 Å². The molecule has 19 heavy (non-hydrogen) atoms. The van der Waals surface area contributed by atoms with Crippen LogP contribution in [0.1, 0.15) is 29.1 Å². The van der Waals surface area contributed by atoms with E-state index in [1.165, 1.54) is 11.3 Å². The molecule has 1 aromatic rings. The number of thiophene rings is 1. The maximum atomic E-state index is 11.7. The number of ether oxygens (including phenoxy) is 1. The monoisotopic (exact) mass is 298 g/mol. The second-order valence-corrected chi connectivity index (χ2v) is 5.57. The van der Waals surface area contributed by atoms with Crippen LogP contribution in [0.5, 0.6) is 0 Å². The Hall–Kier alpha value is -1.40. The van der Waals surface area contributed by atoms with Crippen molar-refractivity contribution in [2.24, 2.45) is 0 Å². The maximum Gasteiger partial charge on any atom is 0.348 e. The van der Waals surface area contributed by atoms with Gasteiger partial charge in [-0.3, -0.25) is 0 Å². The van der Waals surface area contributed by atoms with E-state index in [0.29, 0.717) is 23.1 Å². The summed E-state index contributed by atoms with van der Waals surface area (Å²) >= 11 is 6.49. The van der Waals surface area contributed by atoms with Crippen LogP contribution < -0.4 is 10.6 Å². The van der Waals surface area contributed by atoms with Crippen LogP contribution in [-0.4, -0.2) is 24.2 Å². The van der Waals surface area contributed by atoms with E-state index < -0.39 is 0 Å². The van der Waals surface area contributed by atoms with Gasteiger partial charge in [-0.1, -0.05) is 12.2 Å². The predicted octanol–water partition coefficient (Wildman–Crippen LogP) is 3.10. The molecule has 0 aliphatic rings. The third-order valence-electron chi connectivity index (χ3n) is 2.17. The molecule has 6 heteroatoms.